The van der Waals surface area contributed by atoms with Gasteiger partial charge in [-0.05, 0) is 16.5 Å². The van der Waals surface area contributed by atoms with Crippen molar-refractivity contribution in [3.63, 3.8) is 0 Å². The van der Waals surface area contributed by atoms with Gasteiger partial charge in [-0.2, -0.15) is 0 Å². The van der Waals surface area contributed by atoms with Crippen LogP contribution in [0.4, 0.5) is 0 Å². The predicted octanol–water partition coefficient (Wildman–Crippen LogP) is 3.00. The van der Waals surface area contributed by atoms with Crippen molar-refractivity contribution in [1.29, 1.82) is 0 Å². The minimum atomic E-state index is 0.255. The Morgan fingerprint density at radius 2 is 1.50 bits per heavy atom. The van der Waals surface area contributed by atoms with E-state index in [1.807, 2.05) is 30.3 Å². The Hall–Kier alpha value is -1.58. The minimum absolute atomic E-state index is 0.255. The van der Waals surface area contributed by atoms with E-state index in [0.717, 1.165) is 42.5 Å². The van der Waals surface area contributed by atoms with Crippen LogP contribution in [0.25, 0.3) is 0 Å². The summed E-state index contributed by atoms with van der Waals surface area (Å²) in [4.78, 5) is 14.8. The molecule has 0 amide bonds. The van der Waals surface area contributed by atoms with E-state index < -0.39 is 0 Å². The molecule has 1 saturated heterocycles. The zero-order valence-electron chi connectivity index (χ0n) is 12.8. The van der Waals surface area contributed by atoms with Gasteiger partial charge in [0.1, 0.15) is 11.5 Å². The maximum Gasteiger partial charge on any atom is 0.211 e. The highest BCUT2D eigenvalue weighted by molar-refractivity contribution is 7.97. The number of ketones is 1. The third-order valence-corrected chi connectivity index (χ3v) is 6.26. The van der Waals surface area contributed by atoms with Crippen molar-refractivity contribution in [1.82, 2.24) is 4.90 Å². The number of nitrogens with zero attached hydrogens (tertiary/aromatic N) is 1. The van der Waals surface area contributed by atoms with Crippen LogP contribution >= 0.6 is 0 Å². The molecule has 0 spiro atoms. The molecule has 0 atom stereocenters. The molecule has 0 unspecified atom stereocenters. The smallest absolute Gasteiger partial charge is 0.211 e. The summed E-state index contributed by atoms with van der Waals surface area (Å²) in [6.45, 7) is 3.25. The van der Waals surface area contributed by atoms with Crippen LogP contribution < -0.4 is 0 Å². The Morgan fingerprint density at radius 1 is 0.909 bits per heavy atom. The molecule has 1 fully saturated rings. The summed E-state index contributed by atoms with van der Waals surface area (Å²) >= 11 is 0. The lowest BCUT2D eigenvalue weighted by atomic mass is 10.2. The van der Waals surface area contributed by atoms with Gasteiger partial charge in [0.15, 0.2) is 5.75 Å². The Balaban J connectivity index is 1.47. The standard InChI is InChI=1S/C19H22NOS/c21-19(18-9-5-2-6-10-18)16-22-13-11-20(12-14-22)15-17-7-3-1-4-8-17/h1-10H,11-16H2/q+1. The van der Waals surface area contributed by atoms with Crippen molar-refractivity contribution >= 4 is 16.7 Å². The Kier molecular flexibility index (Phi) is 5.30. The zero-order chi connectivity index (χ0) is 15.2. The average Bonchev–Trinajstić information content (AvgIpc) is 2.58. The zero-order valence-corrected chi connectivity index (χ0v) is 13.6. The van der Waals surface area contributed by atoms with Crippen LogP contribution in [0, 0.1) is 0 Å². The van der Waals surface area contributed by atoms with Gasteiger partial charge >= 0.3 is 0 Å². The number of carbonyl (C=O) groups excluding carboxylic acids is 1. The fraction of sp³-hybridized carbons (Fsp3) is 0.316. The van der Waals surface area contributed by atoms with E-state index in [2.05, 4.69) is 35.2 Å². The van der Waals surface area contributed by atoms with Gasteiger partial charge in [-0.25, -0.2) is 0 Å². The maximum atomic E-state index is 12.3. The topological polar surface area (TPSA) is 20.3 Å². The molecular formula is C19H22NOS+. The van der Waals surface area contributed by atoms with Crippen LogP contribution in [0.3, 0.4) is 0 Å². The molecule has 3 heteroatoms. The van der Waals surface area contributed by atoms with E-state index in [9.17, 15) is 4.79 Å². The van der Waals surface area contributed by atoms with Crippen LogP contribution in [0.15, 0.2) is 60.7 Å². The Morgan fingerprint density at radius 3 is 2.14 bits per heavy atom. The van der Waals surface area contributed by atoms with Gasteiger partial charge in [-0.1, -0.05) is 60.7 Å². The van der Waals surface area contributed by atoms with Crippen molar-refractivity contribution < 1.29 is 4.79 Å². The first-order valence-electron chi connectivity index (χ1n) is 7.80. The van der Waals surface area contributed by atoms with E-state index >= 15 is 0 Å². The van der Waals surface area contributed by atoms with E-state index in [4.69, 9.17) is 0 Å². The van der Waals surface area contributed by atoms with E-state index in [-0.39, 0.29) is 10.9 Å². The van der Waals surface area contributed by atoms with Crippen LogP contribution in [-0.4, -0.2) is 41.0 Å². The predicted molar refractivity (Wildman–Crippen MR) is 94.5 cm³/mol. The molecule has 2 aromatic carbocycles. The largest absolute Gasteiger partial charge is 0.290 e. The molecule has 2 nitrogen and oxygen atoms in total. The second-order valence-electron chi connectivity index (χ2n) is 5.72. The molecule has 2 aromatic rings. The first-order chi connectivity index (χ1) is 10.8. The number of Topliss-reactive ketones (excluding diaryl/α,β-unsaturated/α-hetero) is 1. The van der Waals surface area contributed by atoms with Gasteiger partial charge in [0, 0.05) is 25.2 Å². The van der Waals surface area contributed by atoms with Gasteiger partial charge in [0.2, 0.25) is 5.78 Å². The maximum absolute atomic E-state index is 12.3. The molecule has 0 bridgehead atoms. The molecule has 0 aromatic heterocycles. The summed E-state index contributed by atoms with van der Waals surface area (Å²) in [6.07, 6.45) is 0. The molecule has 0 aliphatic carbocycles. The average molecular weight is 312 g/mol. The summed E-state index contributed by atoms with van der Waals surface area (Å²) in [5, 5.41) is 0. The van der Waals surface area contributed by atoms with Crippen LogP contribution in [0.5, 0.6) is 0 Å². The van der Waals surface area contributed by atoms with Crippen molar-refractivity contribution in [3.8, 4) is 0 Å². The van der Waals surface area contributed by atoms with E-state index in [0.29, 0.717) is 5.78 Å². The van der Waals surface area contributed by atoms with Crippen molar-refractivity contribution in [2.45, 2.75) is 6.54 Å². The molecule has 3 rings (SSSR count). The molecule has 1 aliphatic heterocycles. The Labute approximate surface area is 135 Å². The van der Waals surface area contributed by atoms with Gasteiger partial charge < -0.3 is 0 Å². The van der Waals surface area contributed by atoms with Gasteiger partial charge in [-0.3, -0.25) is 9.69 Å². The second kappa shape index (κ2) is 7.61. The van der Waals surface area contributed by atoms with Crippen molar-refractivity contribution in [2.24, 2.45) is 0 Å². The van der Waals surface area contributed by atoms with Crippen molar-refractivity contribution in [3.05, 3.63) is 71.8 Å². The molecule has 1 aliphatic rings. The number of rotatable bonds is 5. The van der Waals surface area contributed by atoms with E-state index in [1.54, 1.807) is 0 Å². The third kappa shape index (κ3) is 4.21. The van der Waals surface area contributed by atoms with E-state index in [1.165, 1.54) is 5.56 Å². The second-order valence-corrected chi connectivity index (χ2v) is 8.05. The highest BCUT2D eigenvalue weighted by Gasteiger charge is 2.29. The minimum Gasteiger partial charge on any atom is -0.290 e. The molecule has 0 saturated carbocycles. The quantitative estimate of drug-likeness (QED) is 0.625. The highest BCUT2D eigenvalue weighted by Crippen LogP contribution is 2.13. The lowest BCUT2D eigenvalue weighted by molar-refractivity contribution is 0.102. The normalized spacial score (nSPS) is 16.5. The van der Waals surface area contributed by atoms with Crippen molar-refractivity contribution in [2.75, 3.05) is 30.3 Å². The summed E-state index contributed by atoms with van der Waals surface area (Å²) < 4.78 is 0. The lowest BCUT2D eigenvalue weighted by Gasteiger charge is -2.26. The molecule has 1 heterocycles. The van der Waals surface area contributed by atoms with Crippen LogP contribution in [-0.2, 0) is 17.4 Å². The molecule has 0 radical (unpaired) electrons. The third-order valence-electron chi connectivity index (χ3n) is 4.07. The molecular weight excluding hydrogens is 290 g/mol. The summed E-state index contributed by atoms with van der Waals surface area (Å²) in [5.41, 5.74) is 2.24. The fourth-order valence-corrected chi connectivity index (χ4v) is 4.83. The van der Waals surface area contributed by atoms with Crippen LogP contribution in [0.1, 0.15) is 15.9 Å². The van der Waals surface area contributed by atoms with Gasteiger partial charge in [0.05, 0.1) is 0 Å². The number of carbonyl (C=O) groups is 1. The molecule has 0 N–H and O–H groups in total. The lowest BCUT2D eigenvalue weighted by Crippen LogP contribution is -2.42. The van der Waals surface area contributed by atoms with Gasteiger partial charge in [0.25, 0.3) is 0 Å². The molecule has 114 valence electrons. The number of hydrogen-bond donors (Lipinski definition) is 0. The van der Waals surface area contributed by atoms with Crippen LogP contribution in [0.2, 0.25) is 0 Å². The highest BCUT2D eigenvalue weighted by atomic mass is 32.2. The first kappa shape index (κ1) is 15.3. The number of hydrogen-bond acceptors (Lipinski definition) is 2. The first-order valence-corrected chi connectivity index (χ1v) is 9.53. The fourth-order valence-electron chi connectivity index (χ4n) is 2.77. The summed E-state index contributed by atoms with van der Waals surface area (Å²) in [6, 6.07) is 20.3. The van der Waals surface area contributed by atoms with Gasteiger partial charge in [-0.15, -0.1) is 0 Å². The Bertz CT molecular complexity index is 591. The molecule has 22 heavy (non-hydrogen) atoms. The monoisotopic (exact) mass is 312 g/mol. The summed E-state index contributed by atoms with van der Waals surface area (Å²) in [7, 11) is 0.255. The number of benzene rings is 2. The summed E-state index contributed by atoms with van der Waals surface area (Å²) in [5.74, 6) is 3.35. The SMILES string of the molecule is O=C(C[S+]1CCN(Cc2ccccc2)CC1)c1ccccc1.